The van der Waals surface area contributed by atoms with Gasteiger partial charge in [0, 0.05) is 0 Å². The van der Waals surface area contributed by atoms with Crippen LogP contribution in [0.2, 0.25) is 0 Å². The van der Waals surface area contributed by atoms with Crippen LogP contribution in [0.3, 0.4) is 0 Å². The van der Waals surface area contributed by atoms with Crippen molar-refractivity contribution in [1.82, 2.24) is 0 Å². The monoisotopic (exact) mass is 392 g/mol. The third-order valence-electron chi connectivity index (χ3n) is 5.02. The van der Waals surface area contributed by atoms with Gasteiger partial charge in [-0.15, -0.1) is 0 Å². The maximum atomic E-state index is 12.6. The minimum atomic E-state index is -1.68. The van der Waals surface area contributed by atoms with Gasteiger partial charge in [-0.2, -0.15) is 0 Å². The Kier molecular flexibility index (Phi) is 6.17. The van der Waals surface area contributed by atoms with E-state index in [1.165, 1.54) is 0 Å². The molecular formula is C20H24O8. The van der Waals surface area contributed by atoms with Crippen molar-refractivity contribution in [2.45, 2.75) is 43.5 Å². The van der Waals surface area contributed by atoms with Gasteiger partial charge in [-0.3, -0.25) is 4.79 Å². The van der Waals surface area contributed by atoms with Gasteiger partial charge in [0.1, 0.15) is 24.1 Å². The van der Waals surface area contributed by atoms with Crippen LogP contribution >= 0.6 is 0 Å². The smallest absolute Gasteiger partial charge is 0.313 e. The first-order chi connectivity index (χ1) is 13.3. The fourth-order valence-corrected chi connectivity index (χ4v) is 3.22. The van der Waals surface area contributed by atoms with Crippen molar-refractivity contribution in [2.75, 3.05) is 13.7 Å². The molecule has 6 atom stereocenters. The van der Waals surface area contributed by atoms with Gasteiger partial charge in [-0.25, -0.2) is 0 Å². The zero-order chi connectivity index (χ0) is 20.4. The molecule has 1 saturated heterocycles. The molecule has 0 radical (unpaired) electrons. The molecule has 0 spiro atoms. The number of carbonyl (C=O) groups is 1. The highest BCUT2D eigenvalue weighted by Gasteiger charge is 2.46. The van der Waals surface area contributed by atoms with Gasteiger partial charge in [0.2, 0.25) is 0 Å². The van der Waals surface area contributed by atoms with Crippen molar-refractivity contribution in [3.05, 3.63) is 42.0 Å². The number of hydrogen-bond donors (Lipinski definition) is 4. The molecule has 8 nitrogen and oxygen atoms in total. The molecular weight excluding hydrogens is 368 g/mol. The number of ether oxygens (including phenoxy) is 3. The standard InChI is InChI=1S/C20H24O8/c1-10(11-3-4-13-8-14(26-2)6-5-12(13)7-11)19(24)28-18-16(22)15(9-21)27-20(25)17(18)23/h3-8,10,15-18,20-23,25H,9H2,1-2H3/t10-,15+,16+,17+,18-,20+/m0/s1. The first kappa shape index (κ1) is 20.5. The van der Waals surface area contributed by atoms with Crippen molar-refractivity contribution in [3.63, 3.8) is 0 Å². The molecule has 2 aromatic rings. The lowest BCUT2D eigenvalue weighted by Crippen LogP contribution is -2.60. The second-order valence-electron chi connectivity index (χ2n) is 6.82. The van der Waals surface area contributed by atoms with Crippen LogP contribution in [0.1, 0.15) is 18.4 Å². The number of esters is 1. The van der Waals surface area contributed by atoms with Gasteiger partial charge in [0.05, 0.1) is 19.6 Å². The largest absolute Gasteiger partial charge is 0.497 e. The summed E-state index contributed by atoms with van der Waals surface area (Å²) in [7, 11) is 1.59. The molecule has 8 heteroatoms. The number of aliphatic hydroxyl groups is 4. The molecule has 28 heavy (non-hydrogen) atoms. The lowest BCUT2D eigenvalue weighted by molar-refractivity contribution is -0.290. The lowest BCUT2D eigenvalue weighted by Gasteiger charge is -2.39. The molecule has 0 amide bonds. The van der Waals surface area contributed by atoms with E-state index in [-0.39, 0.29) is 0 Å². The minimum Gasteiger partial charge on any atom is -0.497 e. The Labute approximate surface area is 161 Å². The Morgan fingerprint density at radius 2 is 1.79 bits per heavy atom. The minimum absolute atomic E-state index is 0.595. The number of methoxy groups -OCH3 is 1. The number of rotatable bonds is 5. The maximum absolute atomic E-state index is 12.6. The highest BCUT2D eigenvalue weighted by molar-refractivity contribution is 5.86. The van der Waals surface area contributed by atoms with Crippen LogP contribution in [0.15, 0.2) is 36.4 Å². The highest BCUT2D eigenvalue weighted by atomic mass is 16.7. The van der Waals surface area contributed by atoms with E-state index in [9.17, 15) is 25.2 Å². The van der Waals surface area contributed by atoms with E-state index in [4.69, 9.17) is 14.2 Å². The molecule has 1 heterocycles. The van der Waals surface area contributed by atoms with Gasteiger partial charge < -0.3 is 34.6 Å². The lowest BCUT2D eigenvalue weighted by atomic mass is 9.96. The fraction of sp³-hybridized carbons (Fsp3) is 0.450. The zero-order valence-electron chi connectivity index (χ0n) is 15.6. The van der Waals surface area contributed by atoms with E-state index in [1.54, 1.807) is 20.1 Å². The summed E-state index contributed by atoms with van der Waals surface area (Å²) in [6.45, 7) is 1.05. The molecule has 0 unspecified atom stereocenters. The fourth-order valence-electron chi connectivity index (χ4n) is 3.22. The van der Waals surface area contributed by atoms with Crippen molar-refractivity contribution in [3.8, 4) is 5.75 Å². The molecule has 2 aromatic carbocycles. The summed E-state index contributed by atoms with van der Waals surface area (Å²) in [6, 6.07) is 11.1. The summed E-state index contributed by atoms with van der Waals surface area (Å²) in [5.74, 6) is -0.632. The molecule has 4 N–H and O–H groups in total. The Balaban J connectivity index is 1.77. The number of aliphatic hydroxyl groups excluding tert-OH is 4. The first-order valence-electron chi connectivity index (χ1n) is 8.94. The predicted octanol–water partition coefficient (Wildman–Crippen LogP) is 0.295. The van der Waals surface area contributed by atoms with Crippen LogP contribution in [-0.2, 0) is 14.3 Å². The average molecular weight is 392 g/mol. The second-order valence-corrected chi connectivity index (χ2v) is 6.82. The van der Waals surface area contributed by atoms with E-state index in [1.807, 2.05) is 30.3 Å². The maximum Gasteiger partial charge on any atom is 0.313 e. The van der Waals surface area contributed by atoms with Crippen molar-refractivity contribution in [1.29, 1.82) is 0 Å². The van der Waals surface area contributed by atoms with Crippen molar-refractivity contribution in [2.24, 2.45) is 0 Å². The van der Waals surface area contributed by atoms with Gasteiger partial charge in [-0.05, 0) is 35.4 Å². The van der Waals surface area contributed by atoms with Gasteiger partial charge >= 0.3 is 5.97 Å². The highest BCUT2D eigenvalue weighted by Crippen LogP contribution is 2.28. The second kappa shape index (κ2) is 8.42. The van der Waals surface area contributed by atoms with Crippen LogP contribution in [0.4, 0.5) is 0 Å². The van der Waals surface area contributed by atoms with Gasteiger partial charge in [0.25, 0.3) is 0 Å². The van der Waals surface area contributed by atoms with Crippen LogP contribution in [-0.4, -0.2) is 70.8 Å². The van der Waals surface area contributed by atoms with E-state index in [2.05, 4.69) is 0 Å². The van der Waals surface area contributed by atoms with Crippen molar-refractivity contribution < 1.29 is 39.4 Å². The Morgan fingerprint density at radius 3 is 2.46 bits per heavy atom. The summed E-state index contributed by atoms with van der Waals surface area (Å²) >= 11 is 0. The van der Waals surface area contributed by atoms with E-state index >= 15 is 0 Å². The molecule has 0 aliphatic carbocycles. The Bertz CT molecular complexity index is 838. The van der Waals surface area contributed by atoms with Crippen LogP contribution < -0.4 is 4.74 Å². The third-order valence-corrected chi connectivity index (χ3v) is 5.02. The van der Waals surface area contributed by atoms with Gasteiger partial charge in [0.15, 0.2) is 12.4 Å². The molecule has 1 fully saturated rings. The Hall–Kier alpha value is -2.23. The van der Waals surface area contributed by atoms with Gasteiger partial charge in [-0.1, -0.05) is 24.3 Å². The molecule has 1 aliphatic heterocycles. The zero-order valence-corrected chi connectivity index (χ0v) is 15.6. The topological polar surface area (TPSA) is 126 Å². The van der Waals surface area contributed by atoms with Crippen LogP contribution in [0.5, 0.6) is 5.75 Å². The summed E-state index contributed by atoms with van der Waals surface area (Å²) in [4.78, 5) is 12.6. The molecule has 1 aliphatic rings. The summed E-state index contributed by atoms with van der Waals surface area (Å²) in [5, 5.41) is 41.0. The first-order valence-corrected chi connectivity index (χ1v) is 8.94. The summed E-state index contributed by atoms with van der Waals surface area (Å²) in [6.07, 6.45) is -7.35. The quantitative estimate of drug-likeness (QED) is 0.535. The summed E-state index contributed by atoms with van der Waals surface area (Å²) < 4.78 is 15.4. The molecule has 152 valence electrons. The molecule has 0 bridgehead atoms. The third kappa shape index (κ3) is 3.96. The molecule has 0 saturated carbocycles. The van der Waals surface area contributed by atoms with E-state index in [0.717, 1.165) is 16.5 Å². The number of fused-ring (bicyclic) bond motifs is 1. The van der Waals surface area contributed by atoms with Crippen LogP contribution in [0, 0.1) is 0 Å². The number of carbonyl (C=O) groups excluding carboxylic acids is 1. The summed E-state index contributed by atoms with van der Waals surface area (Å²) in [5.41, 5.74) is 0.693. The van der Waals surface area contributed by atoms with E-state index < -0.39 is 49.2 Å². The van der Waals surface area contributed by atoms with Crippen molar-refractivity contribution >= 4 is 16.7 Å². The number of hydrogen-bond acceptors (Lipinski definition) is 8. The van der Waals surface area contributed by atoms with Crippen LogP contribution in [0.25, 0.3) is 10.8 Å². The SMILES string of the molecule is COc1ccc2cc([C@H](C)C(=O)O[C@@H]3[C@@H](O)[C@H](O)O[C@H](CO)[C@H]3O)ccc2c1. The van der Waals surface area contributed by atoms with E-state index in [0.29, 0.717) is 5.56 Å². The molecule has 3 rings (SSSR count). The molecule has 0 aromatic heterocycles. The predicted molar refractivity (Wildman–Crippen MR) is 98.8 cm³/mol. The number of benzene rings is 2. The average Bonchev–Trinajstić information content (AvgIpc) is 2.72. The normalized spacial score (nSPS) is 28.7. The Morgan fingerprint density at radius 1 is 1.11 bits per heavy atom.